The lowest BCUT2D eigenvalue weighted by Gasteiger charge is -2.22. The van der Waals surface area contributed by atoms with E-state index in [4.69, 9.17) is 14.2 Å². The van der Waals surface area contributed by atoms with Crippen LogP contribution in [0.25, 0.3) is 0 Å². The molecule has 10 nitrogen and oxygen atoms in total. The Kier molecular flexibility index (Phi) is 8.90. The predicted molar refractivity (Wildman–Crippen MR) is 117 cm³/mol. The molecule has 0 bridgehead atoms. The smallest absolute Gasteiger partial charge is 0.408 e. The van der Waals surface area contributed by atoms with E-state index in [1.54, 1.807) is 20.8 Å². The standard InChI is InChI=1S/C23H26N2O8/c1-23(2,3)33-22(28)24-19(13-14-20(26)31-15-16-7-5-4-6-8-16)21(27)32-18-11-9-17(10-12-18)25(29)30/h4-12,19H,13-15H2,1-3H3,(H,24,28)/t19-/m0/s1. The molecule has 33 heavy (non-hydrogen) atoms. The molecule has 0 saturated heterocycles. The van der Waals surface area contributed by atoms with Gasteiger partial charge in [-0.2, -0.15) is 0 Å². The number of nitro groups is 1. The normalized spacial score (nSPS) is 11.7. The van der Waals surface area contributed by atoms with E-state index in [2.05, 4.69) is 5.32 Å². The number of non-ortho nitro benzene ring substituents is 1. The summed E-state index contributed by atoms with van der Waals surface area (Å²) in [4.78, 5) is 47.1. The van der Waals surface area contributed by atoms with E-state index < -0.39 is 34.6 Å². The van der Waals surface area contributed by atoms with Gasteiger partial charge in [-0.15, -0.1) is 0 Å². The number of nitro benzene ring substituents is 1. The maximum Gasteiger partial charge on any atom is 0.408 e. The molecule has 0 heterocycles. The number of carbonyl (C=O) groups excluding carboxylic acids is 3. The molecule has 1 N–H and O–H groups in total. The van der Waals surface area contributed by atoms with Crippen molar-refractivity contribution in [2.24, 2.45) is 0 Å². The first-order valence-electron chi connectivity index (χ1n) is 10.2. The average Bonchev–Trinajstić information content (AvgIpc) is 2.75. The predicted octanol–water partition coefficient (Wildman–Crippen LogP) is 3.92. The van der Waals surface area contributed by atoms with Gasteiger partial charge in [0.2, 0.25) is 0 Å². The Labute approximate surface area is 191 Å². The van der Waals surface area contributed by atoms with Crippen LogP contribution < -0.4 is 10.1 Å². The van der Waals surface area contributed by atoms with Crippen molar-refractivity contribution in [3.8, 4) is 5.75 Å². The highest BCUT2D eigenvalue weighted by Gasteiger charge is 2.27. The Hall–Kier alpha value is -3.95. The highest BCUT2D eigenvalue weighted by Crippen LogP contribution is 2.18. The van der Waals surface area contributed by atoms with E-state index in [1.807, 2.05) is 30.3 Å². The Morgan fingerprint density at radius 3 is 2.24 bits per heavy atom. The first-order chi connectivity index (χ1) is 15.5. The minimum absolute atomic E-state index is 0.0493. The van der Waals surface area contributed by atoms with E-state index in [0.29, 0.717) is 0 Å². The number of esters is 2. The Balaban J connectivity index is 2.00. The van der Waals surface area contributed by atoms with Gasteiger partial charge in [-0.1, -0.05) is 30.3 Å². The Morgan fingerprint density at radius 1 is 1.03 bits per heavy atom. The number of rotatable bonds is 9. The van der Waals surface area contributed by atoms with Crippen LogP contribution in [0.5, 0.6) is 5.75 Å². The molecule has 176 valence electrons. The molecule has 0 aliphatic heterocycles. The number of benzene rings is 2. The minimum atomic E-state index is -1.21. The summed E-state index contributed by atoms with van der Waals surface area (Å²) in [7, 11) is 0. The number of nitrogens with zero attached hydrogens (tertiary/aromatic N) is 1. The maximum absolute atomic E-state index is 12.6. The van der Waals surface area contributed by atoms with Crippen molar-refractivity contribution in [3.63, 3.8) is 0 Å². The molecule has 2 rings (SSSR count). The van der Waals surface area contributed by atoms with Gasteiger partial charge in [0.15, 0.2) is 0 Å². The second-order valence-electron chi connectivity index (χ2n) is 8.06. The van der Waals surface area contributed by atoms with E-state index in [-0.39, 0.29) is 30.9 Å². The molecule has 0 aliphatic carbocycles. The van der Waals surface area contributed by atoms with Crippen LogP contribution in [0.1, 0.15) is 39.2 Å². The lowest BCUT2D eigenvalue weighted by atomic mass is 10.1. The van der Waals surface area contributed by atoms with Crippen LogP contribution in [0.2, 0.25) is 0 Å². The summed E-state index contributed by atoms with van der Waals surface area (Å²) in [5.74, 6) is -1.36. The molecule has 2 aromatic rings. The van der Waals surface area contributed by atoms with Gasteiger partial charge in [0, 0.05) is 18.6 Å². The zero-order valence-electron chi connectivity index (χ0n) is 18.6. The maximum atomic E-state index is 12.6. The summed E-state index contributed by atoms with van der Waals surface area (Å²) < 4.78 is 15.6. The molecular formula is C23H26N2O8. The van der Waals surface area contributed by atoms with Crippen LogP contribution >= 0.6 is 0 Å². The van der Waals surface area contributed by atoms with Crippen LogP contribution in [0.3, 0.4) is 0 Å². The van der Waals surface area contributed by atoms with Gasteiger partial charge in [-0.3, -0.25) is 14.9 Å². The SMILES string of the molecule is CC(C)(C)OC(=O)N[C@@H](CCC(=O)OCc1ccccc1)C(=O)Oc1ccc([N+](=O)[O-])cc1. The summed E-state index contributed by atoms with van der Waals surface area (Å²) in [6.07, 6.45) is -1.12. The number of hydrogen-bond acceptors (Lipinski definition) is 8. The van der Waals surface area contributed by atoms with Crippen molar-refractivity contribution >= 4 is 23.7 Å². The van der Waals surface area contributed by atoms with Gasteiger partial charge in [-0.25, -0.2) is 9.59 Å². The fraction of sp³-hybridized carbons (Fsp3) is 0.348. The van der Waals surface area contributed by atoms with Gasteiger partial charge in [0.1, 0.15) is 24.0 Å². The molecule has 0 spiro atoms. The lowest BCUT2D eigenvalue weighted by Crippen LogP contribution is -2.45. The largest absolute Gasteiger partial charge is 0.461 e. The first kappa shape index (κ1) is 25.3. The van der Waals surface area contributed by atoms with Gasteiger partial charge in [-0.05, 0) is 44.9 Å². The highest BCUT2D eigenvalue weighted by atomic mass is 16.6. The van der Waals surface area contributed by atoms with Gasteiger partial charge >= 0.3 is 18.0 Å². The number of alkyl carbamates (subject to hydrolysis) is 1. The number of carbonyl (C=O) groups is 3. The van der Waals surface area contributed by atoms with E-state index in [1.165, 1.54) is 24.3 Å². The average molecular weight is 458 g/mol. The zero-order valence-corrected chi connectivity index (χ0v) is 18.6. The molecule has 0 unspecified atom stereocenters. The van der Waals surface area contributed by atoms with Crippen LogP contribution in [0, 0.1) is 10.1 Å². The highest BCUT2D eigenvalue weighted by molar-refractivity contribution is 5.83. The molecule has 0 fully saturated rings. The first-order valence-corrected chi connectivity index (χ1v) is 10.2. The fourth-order valence-electron chi connectivity index (χ4n) is 2.59. The van der Waals surface area contributed by atoms with Crippen molar-refractivity contribution in [1.82, 2.24) is 5.32 Å². The molecule has 1 atom stereocenters. The Bertz CT molecular complexity index is 968. The lowest BCUT2D eigenvalue weighted by molar-refractivity contribution is -0.384. The van der Waals surface area contributed by atoms with Crippen molar-refractivity contribution in [3.05, 3.63) is 70.3 Å². The minimum Gasteiger partial charge on any atom is -0.461 e. The van der Waals surface area contributed by atoms with E-state index in [9.17, 15) is 24.5 Å². The monoisotopic (exact) mass is 458 g/mol. The molecule has 0 aliphatic rings. The molecule has 0 aromatic heterocycles. The number of ether oxygens (including phenoxy) is 3. The quantitative estimate of drug-likeness (QED) is 0.259. The summed E-state index contributed by atoms with van der Waals surface area (Å²) in [5, 5.41) is 13.2. The summed E-state index contributed by atoms with van der Waals surface area (Å²) in [6.45, 7) is 5.07. The molecule has 0 radical (unpaired) electrons. The topological polar surface area (TPSA) is 134 Å². The zero-order chi connectivity index (χ0) is 24.4. The molecule has 10 heteroatoms. The van der Waals surface area contributed by atoms with Crippen molar-refractivity contribution < 1.29 is 33.5 Å². The van der Waals surface area contributed by atoms with Crippen LogP contribution in [-0.2, 0) is 25.7 Å². The fourth-order valence-corrected chi connectivity index (χ4v) is 2.59. The van der Waals surface area contributed by atoms with Crippen LogP contribution in [0.4, 0.5) is 10.5 Å². The van der Waals surface area contributed by atoms with Gasteiger partial charge in [0.25, 0.3) is 5.69 Å². The number of hydrogen-bond donors (Lipinski definition) is 1. The van der Waals surface area contributed by atoms with Gasteiger partial charge < -0.3 is 19.5 Å². The molecule has 0 saturated carbocycles. The van der Waals surface area contributed by atoms with Crippen molar-refractivity contribution in [2.45, 2.75) is 51.9 Å². The summed E-state index contributed by atoms with van der Waals surface area (Å²) >= 11 is 0. The molecule has 2 aromatic carbocycles. The number of nitrogens with one attached hydrogen (secondary N) is 1. The van der Waals surface area contributed by atoms with Crippen molar-refractivity contribution in [2.75, 3.05) is 0 Å². The molecule has 1 amide bonds. The Morgan fingerprint density at radius 2 is 1.67 bits per heavy atom. The van der Waals surface area contributed by atoms with Crippen molar-refractivity contribution in [1.29, 1.82) is 0 Å². The second kappa shape index (κ2) is 11.6. The summed E-state index contributed by atoms with van der Waals surface area (Å²) in [6, 6.07) is 12.8. The van der Waals surface area contributed by atoms with Gasteiger partial charge in [0.05, 0.1) is 4.92 Å². The third-order valence-electron chi connectivity index (χ3n) is 4.12. The third kappa shape index (κ3) is 9.38. The van der Waals surface area contributed by atoms with Crippen LogP contribution in [0.15, 0.2) is 54.6 Å². The van der Waals surface area contributed by atoms with E-state index >= 15 is 0 Å². The van der Waals surface area contributed by atoms with Crippen LogP contribution in [-0.4, -0.2) is 34.6 Å². The summed E-state index contributed by atoms with van der Waals surface area (Å²) in [5.41, 5.74) is -0.155. The second-order valence-corrected chi connectivity index (χ2v) is 8.06. The third-order valence-corrected chi connectivity index (χ3v) is 4.12. The number of amides is 1. The molecular weight excluding hydrogens is 432 g/mol. The van der Waals surface area contributed by atoms with E-state index in [0.717, 1.165) is 5.56 Å².